The van der Waals surface area contributed by atoms with Crippen LogP contribution in [0.1, 0.15) is 49.2 Å². The van der Waals surface area contributed by atoms with Crippen molar-refractivity contribution in [1.82, 2.24) is 25.1 Å². The number of aromatic nitrogens is 4. The predicted molar refractivity (Wildman–Crippen MR) is 89.6 cm³/mol. The van der Waals surface area contributed by atoms with Gasteiger partial charge in [-0.1, -0.05) is 11.6 Å². The van der Waals surface area contributed by atoms with Gasteiger partial charge >= 0.3 is 0 Å². The van der Waals surface area contributed by atoms with Crippen molar-refractivity contribution in [3.63, 3.8) is 0 Å². The van der Waals surface area contributed by atoms with E-state index in [0.29, 0.717) is 16.5 Å². The highest BCUT2D eigenvalue weighted by molar-refractivity contribution is 6.31. The molecule has 0 saturated carbocycles. The second-order valence-electron chi connectivity index (χ2n) is 5.73. The number of halogens is 1. The van der Waals surface area contributed by atoms with Gasteiger partial charge in [0.25, 0.3) is 5.91 Å². The number of rotatable bonds is 4. The van der Waals surface area contributed by atoms with E-state index in [4.69, 9.17) is 11.6 Å². The van der Waals surface area contributed by atoms with E-state index in [1.165, 1.54) is 0 Å². The van der Waals surface area contributed by atoms with Gasteiger partial charge in [0, 0.05) is 17.3 Å². The van der Waals surface area contributed by atoms with Crippen LogP contribution in [0.25, 0.3) is 11.0 Å². The first-order valence-corrected chi connectivity index (χ1v) is 7.83. The van der Waals surface area contributed by atoms with Crippen LogP contribution in [0.2, 0.25) is 5.02 Å². The Morgan fingerprint density at radius 1 is 1.30 bits per heavy atom. The van der Waals surface area contributed by atoms with Crippen LogP contribution in [0, 0.1) is 0 Å². The van der Waals surface area contributed by atoms with Gasteiger partial charge in [-0.2, -0.15) is 5.10 Å². The number of nitrogens with one attached hydrogen (secondary N) is 2. The summed E-state index contributed by atoms with van der Waals surface area (Å²) < 4.78 is 1.69. The molecule has 7 heteroatoms. The minimum Gasteiger partial charge on any atom is -0.341 e. The molecule has 1 atom stereocenters. The van der Waals surface area contributed by atoms with Crippen molar-refractivity contribution < 1.29 is 4.79 Å². The van der Waals surface area contributed by atoms with Crippen molar-refractivity contribution in [3.05, 3.63) is 47.0 Å². The second kappa shape index (κ2) is 6.04. The number of hydrogen-bond donors (Lipinski definition) is 2. The SMILES string of the molecule is CC(NC(=O)c1ccnn1C(C)C)c1nc2ccc(Cl)cc2[nH]1. The zero-order chi connectivity index (χ0) is 16.6. The second-order valence-corrected chi connectivity index (χ2v) is 6.17. The van der Waals surface area contributed by atoms with Crippen LogP contribution in [0.4, 0.5) is 0 Å². The van der Waals surface area contributed by atoms with Crippen LogP contribution in [-0.2, 0) is 0 Å². The van der Waals surface area contributed by atoms with Crippen molar-refractivity contribution in [2.24, 2.45) is 0 Å². The highest BCUT2D eigenvalue weighted by Gasteiger charge is 2.18. The Hall–Kier alpha value is -2.34. The molecule has 0 radical (unpaired) electrons. The summed E-state index contributed by atoms with van der Waals surface area (Å²) in [5, 5.41) is 7.77. The molecule has 2 aromatic heterocycles. The van der Waals surface area contributed by atoms with Gasteiger partial charge in [-0.25, -0.2) is 4.98 Å². The fourth-order valence-corrected chi connectivity index (χ4v) is 2.62. The zero-order valence-electron chi connectivity index (χ0n) is 13.2. The lowest BCUT2D eigenvalue weighted by molar-refractivity contribution is 0.0925. The predicted octanol–water partition coefficient (Wildman–Crippen LogP) is 3.48. The van der Waals surface area contributed by atoms with Crippen LogP contribution in [0.5, 0.6) is 0 Å². The smallest absolute Gasteiger partial charge is 0.270 e. The molecular formula is C16H18ClN5O. The molecule has 2 N–H and O–H groups in total. The number of imidazole rings is 1. The monoisotopic (exact) mass is 331 g/mol. The lowest BCUT2D eigenvalue weighted by Crippen LogP contribution is -2.29. The largest absolute Gasteiger partial charge is 0.341 e. The average Bonchev–Trinajstić information content (AvgIpc) is 3.13. The van der Waals surface area contributed by atoms with Crippen LogP contribution in [0.15, 0.2) is 30.5 Å². The van der Waals surface area contributed by atoms with E-state index in [9.17, 15) is 4.79 Å². The van der Waals surface area contributed by atoms with Gasteiger partial charge in [0.1, 0.15) is 11.5 Å². The van der Waals surface area contributed by atoms with E-state index < -0.39 is 0 Å². The van der Waals surface area contributed by atoms with E-state index in [1.807, 2.05) is 32.9 Å². The number of nitrogens with zero attached hydrogens (tertiary/aromatic N) is 3. The summed E-state index contributed by atoms with van der Waals surface area (Å²) >= 11 is 5.98. The molecule has 0 aliphatic heterocycles. The minimum absolute atomic E-state index is 0.120. The number of fused-ring (bicyclic) bond motifs is 1. The summed E-state index contributed by atoms with van der Waals surface area (Å²) in [6.07, 6.45) is 1.63. The molecule has 120 valence electrons. The van der Waals surface area contributed by atoms with E-state index in [2.05, 4.69) is 20.4 Å². The summed E-state index contributed by atoms with van der Waals surface area (Å²) in [5.74, 6) is 0.508. The standard InChI is InChI=1S/C16H18ClN5O/c1-9(2)22-14(6-7-18-22)16(23)19-10(3)15-20-12-5-4-11(17)8-13(12)21-15/h4-10H,1-3H3,(H,19,23)(H,20,21). The van der Waals surface area contributed by atoms with Crippen LogP contribution >= 0.6 is 11.6 Å². The van der Waals surface area contributed by atoms with E-state index in [0.717, 1.165) is 11.0 Å². The fraction of sp³-hybridized carbons (Fsp3) is 0.312. The van der Waals surface area contributed by atoms with Crippen molar-refractivity contribution >= 4 is 28.5 Å². The summed E-state index contributed by atoms with van der Waals surface area (Å²) in [5.41, 5.74) is 2.20. The zero-order valence-corrected chi connectivity index (χ0v) is 13.9. The van der Waals surface area contributed by atoms with Crippen molar-refractivity contribution in [3.8, 4) is 0 Å². The van der Waals surface area contributed by atoms with Gasteiger partial charge in [0.15, 0.2) is 0 Å². The van der Waals surface area contributed by atoms with Gasteiger partial charge in [0.05, 0.1) is 17.1 Å². The Morgan fingerprint density at radius 3 is 2.83 bits per heavy atom. The molecule has 0 saturated heterocycles. The van der Waals surface area contributed by atoms with Gasteiger partial charge in [0.2, 0.25) is 0 Å². The Bertz CT molecular complexity index is 851. The lowest BCUT2D eigenvalue weighted by Gasteiger charge is -2.14. The van der Waals surface area contributed by atoms with Crippen LogP contribution < -0.4 is 5.32 Å². The van der Waals surface area contributed by atoms with Gasteiger partial charge < -0.3 is 10.3 Å². The third-order valence-corrected chi connectivity index (χ3v) is 3.85. The van der Waals surface area contributed by atoms with Gasteiger partial charge in [-0.05, 0) is 45.0 Å². The van der Waals surface area contributed by atoms with Crippen molar-refractivity contribution in [2.75, 3.05) is 0 Å². The van der Waals surface area contributed by atoms with Crippen molar-refractivity contribution in [1.29, 1.82) is 0 Å². The molecule has 1 unspecified atom stereocenters. The van der Waals surface area contributed by atoms with Crippen LogP contribution in [0.3, 0.4) is 0 Å². The molecule has 0 fully saturated rings. The number of hydrogen-bond acceptors (Lipinski definition) is 3. The maximum atomic E-state index is 12.4. The Morgan fingerprint density at radius 2 is 2.09 bits per heavy atom. The van der Waals surface area contributed by atoms with E-state index >= 15 is 0 Å². The van der Waals surface area contributed by atoms with Crippen molar-refractivity contribution in [2.45, 2.75) is 32.9 Å². The number of amides is 1. The third kappa shape index (κ3) is 3.07. The molecular weight excluding hydrogens is 314 g/mol. The molecule has 0 bridgehead atoms. The first-order valence-electron chi connectivity index (χ1n) is 7.45. The summed E-state index contributed by atoms with van der Waals surface area (Å²) in [6.45, 7) is 5.85. The number of carbonyl (C=O) groups excluding carboxylic acids is 1. The normalized spacial score (nSPS) is 12.7. The number of carbonyl (C=O) groups is 1. The third-order valence-electron chi connectivity index (χ3n) is 3.61. The number of H-pyrrole nitrogens is 1. The Labute approximate surface area is 138 Å². The molecule has 2 heterocycles. The van der Waals surface area contributed by atoms with E-state index in [-0.39, 0.29) is 18.0 Å². The number of aromatic amines is 1. The average molecular weight is 332 g/mol. The maximum Gasteiger partial charge on any atom is 0.270 e. The Kier molecular flexibility index (Phi) is 4.09. The van der Waals surface area contributed by atoms with Gasteiger partial charge in [-0.3, -0.25) is 9.48 Å². The lowest BCUT2D eigenvalue weighted by atomic mass is 10.3. The summed E-state index contributed by atoms with van der Waals surface area (Å²) in [6, 6.07) is 7.02. The summed E-state index contributed by atoms with van der Waals surface area (Å²) in [4.78, 5) is 20.1. The number of benzene rings is 1. The molecule has 0 spiro atoms. The highest BCUT2D eigenvalue weighted by Crippen LogP contribution is 2.20. The molecule has 1 aromatic carbocycles. The topological polar surface area (TPSA) is 75.6 Å². The molecule has 3 aromatic rings. The van der Waals surface area contributed by atoms with Crippen LogP contribution in [-0.4, -0.2) is 25.7 Å². The molecule has 23 heavy (non-hydrogen) atoms. The maximum absolute atomic E-state index is 12.4. The molecule has 6 nitrogen and oxygen atoms in total. The highest BCUT2D eigenvalue weighted by atomic mass is 35.5. The molecule has 0 aliphatic rings. The molecule has 1 amide bonds. The van der Waals surface area contributed by atoms with Gasteiger partial charge in [-0.15, -0.1) is 0 Å². The molecule has 0 aliphatic carbocycles. The quantitative estimate of drug-likeness (QED) is 0.768. The summed E-state index contributed by atoms with van der Waals surface area (Å²) in [7, 11) is 0. The first-order chi connectivity index (χ1) is 11.0. The minimum atomic E-state index is -0.260. The molecule has 3 rings (SSSR count). The fourth-order valence-electron chi connectivity index (χ4n) is 2.45. The Balaban J connectivity index is 1.81. The van der Waals surface area contributed by atoms with E-state index in [1.54, 1.807) is 23.0 Å². The first kappa shape index (κ1) is 15.6.